The Balaban J connectivity index is 2.26. The van der Waals surface area contributed by atoms with Crippen LogP contribution >= 0.6 is 0 Å². The molecule has 0 saturated heterocycles. The fourth-order valence-corrected chi connectivity index (χ4v) is 1.53. The van der Waals surface area contributed by atoms with Crippen molar-refractivity contribution in [3.63, 3.8) is 0 Å². The van der Waals surface area contributed by atoms with Gasteiger partial charge in [-0.1, -0.05) is 30.3 Å². The maximum atomic E-state index is 11.7. The van der Waals surface area contributed by atoms with Gasteiger partial charge < -0.3 is 9.30 Å². The van der Waals surface area contributed by atoms with E-state index in [1.165, 1.54) is 6.07 Å². The summed E-state index contributed by atoms with van der Waals surface area (Å²) >= 11 is 0. The molecule has 1 aromatic carbocycles. The van der Waals surface area contributed by atoms with Crippen molar-refractivity contribution in [1.82, 2.24) is 4.57 Å². The lowest BCUT2D eigenvalue weighted by molar-refractivity contribution is 0.412. The first-order valence-corrected chi connectivity index (χ1v) is 5.08. The molecule has 0 fully saturated rings. The molecular formula is C13H13NO2. The van der Waals surface area contributed by atoms with Crippen molar-refractivity contribution in [2.75, 3.05) is 7.11 Å². The molecule has 0 radical (unpaired) electrons. The summed E-state index contributed by atoms with van der Waals surface area (Å²) in [4.78, 5) is 11.7. The van der Waals surface area contributed by atoms with Crippen LogP contribution in [0.15, 0.2) is 53.5 Å². The molecule has 0 unspecified atom stereocenters. The van der Waals surface area contributed by atoms with Crippen LogP contribution < -0.4 is 10.3 Å². The number of nitrogens with zero attached hydrogens (tertiary/aromatic N) is 1. The van der Waals surface area contributed by atoms with Gasteiger partial charge >= 0.3 is 0 Å². The summed E-state index contributed by atoms with van der Waals surface area (Å²) in [7, 11) is 1.55. The third-order valence-corrected chi connectivity index (χ3v) is 2.40. The van der Waals surface area contributed by atoms with Crippen LogP contribution in [0.4, 0.5) is 0 Å². The number of benzene rings is 1. The molecule has 2 rings (SSSR count). The first kappa shape index (κ1) is 10.5. The van der Waals surface area contributed by atoms with Crippen LogP contribution in [-0.4, -0.2) is 11.7 Å². The molecule has 0 aliphatic carbocycles. The maximum absolute atomic E-state index is 11.7. The van der Waals surface area contributed by atoms with Crippen molar-refractivity contribution in [2.45, 2.75) is 6.54 Å². The summed E-state index contributed by atoms with van der Waals surface area (Å²) in [6, 6.07) is 13.1. The minimum absolute atomic E-state index is 0.0526. The van der Waals surface area contributed by atoms with Gasteiger partial charge in [-0.25, -0.2) is 0 Å². The molecule has 1 aromatic heterocycles. The minimum Gasteiger partial charge on any atom is -0.497 e. The largest absolute Gasteiger partial charge is 0.497 e. The van der Waals surface area contributed by atoms with E-state index >= 15 is 0 Å². The van der Waals surface area contributed by atoms with Gasteiger partial charge in [-0.2, -0.15) is 0 Å². The first-order valence-electron chi connectivity index (χ1n) is 5.08. The standard InChI is InChI=1S/C13H13NO2/c1-16-12-7-8-14(13(15)9-12)10-11-5-3-2-4-6-11/h2-9H,10H2,1H3. The molecule has 2 aromatic rings. The molecule has 0 aliphatic heterocycles. The molecule has 0 saturated carbocycles. The predicted octanol–water partition coefficient (Wildman–Crippen LogP) is 1.91. The summed E-state index contributed by atoms with van der Waals surface area (Å²) in [5.74, 6) is 0.592. The van der Waals surface area contributed by atoms with Crippen molar-refractivity contribution in [1.29, 1.82) is 0 Å². The molecule has 1 heterocycles. The van der Waals surface area contributed by atoms with Crippen molar-refractivity contribution < 1.29 is 4.74 Å². The van der Waals surface area contributed by atoms with Crippen LogP contribution in [0.1, 0.15) is 5.56 Å². The van der Waals surface area contributed by atoms with Gasteiger partial charge in [-0.05, 0) is 11.6 Å². The van der Waals surface area contributed by atoms with E-state index in [9.17, 15) is 4.79 Å². The fourth-order valence-electron chi connectivity index (χ4n) is 1.53. The topological polar surface area (TPSA) is 31.2 Å². The second-order valence-electron chi connectivity index (χ2n) is 3.52. The zero-order chi connectivity index (χ0) is 11.4. The van der Waals surface area contributed by atoms with Crippen LogP contribution in [0.2, 0.25) is 0 Å². The molecule has 0 N–H and O–H groups in total. The van der Waals surface area contributed by atoms with E-state index in [1.54, 1.807) is 23.9 Å². The Hall–Kier alpha value is -2.03. The van der Waals surface area contributed by atoms with Crippen LogP contribution in [0.5, 0.6) is 5.75 Å². The number of hydrogen-bond acceptors (Lipinski definition) is 2. The van der Waals surface area contributed by atoms with Crippen LogP contribution in [0.25, 0.3) is 0 Å². The summed E-state index contributed by atoms with van der Waals surface area (Å²) in [5, 5.41) is 0. The number of hydrogen-bond donors (Lipinski definition) is 0. The lowest BCUT2D eigenvalue weighted by Gasteiger charge is -2.06. The number of pyridine rings is 1. The van der Waals surface area contributed by atoms with Crippen molar-refractivity contribution >= 4 is 0 Å². The van der Waals surface area contributed by atoms with E-state index < -0.39 is 0 Å². The Labute approximate surface area is 93.9 Å². The summed E-state index contributed by atoms with van der Waals surface area (Å²) < 4.78 is 6.64. The van der Waals surface area contributed by atoms with Gasteiger partial charge in [0.15, 0.2) is 0 Å². The number of methoxy groups -OCH3 is 1. The third kappa shape index (κ3) is 2.31. The van der Waals surface area contributed by atoms with Gasteiger partial charge in [0.1, 0.15) is 5.75 Å². The molecule has 0 bridgehead atoms. The Morgan fingerprint density at radius 1 is 1.19 bits per heavy atom. The van der Waals surface area contributed by atoms with E-state index in [4.69, 9.17) is 4.74 Å². The molecule has 0 aliphatic rings. The predicted molar refractivity (Wildman–Crippen MR) is 62.8 cm³/mol. The van der Waals surface area contributed by atoms with Crippen LogP contribution in [-0.2, 0) is 6.54 Å². The Bertz CT molecular complexity index is 517. The summed E-state index contributed by atoms with van der Waals surface area (Å²) in [6.07, 6.45) is 1.74. The second kappa shape index (κ2) is 4.66. The second-order valence-corrected chi connectivity index (χ2v) is 3.52. The Kier molecular flexibility index (Phi) is 3.05. The SMILES string of the molecule is COc1ccn(Cc2ccccc2)c(=O)c1. The zero-order valence-electron chi connectivity index (χ0n) is 9.09. The van der Waals surface area contributed by atoms with Gasteiger partial charge in [0.25, 0.3) is 5.56 Å². The van der Waals surface area contributed by atoms with Gasteiger partial charge in [0.2, 0.25) is 0 Å². The van der Waals surface area contributed by atoms with E-state index in [-0.39, 0.29) is 5.56 Å². The lowest BCUT2D eigenvalue weighted by Crippen LogP contribution is -2.18. The Morgan fingerprint density at radius 3 is 2.56 bits per heavy atom. The van der Waals surface area contributed by atoms with Crippen LogP contribution in [0, 0.1) is 0 Å². The molecule has 0 spiro atoms. The van der Waals surface area contributed by atoms with Gasteiger partial charge in [-0.3, -0.25) is 4.79 Å². The normalized spacial score (nSPS) is 10.1. The molecule has 16 heavy (non-hydrogen) atoms. The molecule has 0 amide bonds. The molecular weight excluding hydrogens is 202 g/mol. The lowest BCUT2D eigenvalue weighted by atomic mass is 10.2. The quantitative estimate of drug-likeness (QED) is 0.783. The fraction of sp³-hybridized carbons (Fsp3) is 0.154. The smallest absolute Gasteiger partial charge is 0.254 e. The molecule has 0 atom stereocenters. The van der Waals surface area contributed by atoms with Gasteiger partial charge in [0.05, 0.1) is 13.7 Å². The number of rotatable bonds is 3. The van der Waals surface area contributed by atoms with E-state index in [0.29, 0.717) is 12.3 Å². The first-order chi connectivity index (χ1) is 7.79. The highest BCUT2D eigenvalue weighted by Gasteiger charge is 1.99. The molecule has 3 nitrogen and oxygen atoms in total. The van der Waals surface area contributed by atoms with Crippen molar-refractivity contribution in [3.8, 4) is 5.75 Å². The van der Waals surface area contributed by atoms with E-state index in [0.717, 1.165) is 5.56 Å². The number of aromatic nitrogens is 1. The Morgan fingerprint density at radius 2 is 1.94 bits per heavy atom. The third-order valence-electron chi connectivity index (χ3n) is 2.40. The van der Waals surface area contributed by atoms with Gasteiger partial charge in [0, 0.05) is 12.3 Å². The minimum atomic E-state index is -0.0526. The van der Waals surface area contributed by atoms with E-state index in [2.05, 4.69) is 0 Å². The number of ether oxygens (including phenoxy) is 1. The van der Waals surface area contributed by atoms with Crippen LogP contribution in [0.3, 0.4) is 0 Å². The van der Waals surface area contributed by atoms with E-state index in [1.807, 2.05) is 30.3 Å². The average Bonchev–Trinajstić information content (AvgIpc) is 2.33. The van der Waals surface area contributed by atoms with Crippen molar-refractivity contribution in [2.24, 2.45) is 0 Å². The highest BCUT2D eigenvalue weighted by atomic mass is 16.5. The molecule has 82 valence electrons. The monoisotopic (exact) mass is 215 g/mol. The molecule has 3 heteroatoms. The summed E-state index contributed by atoms with van der Waals surface area (Å²) in [5.41, 5.74) is 1.05. The van der Waals surface area contributed by atoms with Gasteiger partial charge in [-0.15, -0.1) is 0 Å². The highest BCUT2D eigenvalue weighted by Crippen LogP contribution is 2.05. The zero-order valence-corrected chi connectivity index (χ0v) is 9.09. The van der Waals surface area contributed by atoms with Crippen molar-refractivity contribution in [3.05, 3.63) is 64.6 Å². The highest BCUT2D eigenvalue weighted by molar-refractivity contribution is 5.20. The maximum Gasteiger partial charge on any atom is 0.254 e. The average molecular weight is 215 g/mol. The summed E-state index contributed by atoms with van der Waals surface area (Å²) in [6.45, 7) is 0.587.